The van der Waals surface area contributed by atoms with E-state index >= 15 is 0 Å². The average molecular weight is 388 g/mol. The molecular formula is C20H18ClNO5. The number of hydrogen-bond donors (Lipinski definition) is 2. The van der Waals surface area contributed by atoms with E-state index in [1.165, 1.54) is 7.11 Å². The molecule has 2 N–H and O–H groups in total. The minimum Gasteiger partial charge on any atom is -0.507 e. The number of hydrogen-bond acceptors (Lipinski definition) is 5. The SMILES string of the molecule is COc1ccc(NC(=O)Cc2c(C)c3c(O)cc(C)cc3oc2=O)cc1Cl. The second-order valence-corrected chi connectivity index (χ2v) is 6.63. The first-order valence-corrected chi connectivity index (χ1v) is 8.57. The predicted octanol–water partition coefficient (Wildman–Crippen LogP) is 3.96. The summed E-state index contributed by atoms with van der Waals surface area (Å²) in [6, 6.07) is 8.09. The van der Waals surface area contributed by atoms with Crippen LogP contribution < -0.4 is 15.7 Å². The van der Waals surface area contributed by atoms with Gasteiger partial charge in [-0.05, 0) is 55.3 Å². The number of carbonyl (C=O) groups excluding carboxylic acids is 1. The molecule has 0 saturated heterocycles. The fourth-order valence-electron chi connectivity index (χ4n) is 2.97. The minimum atomic E-state index is -0.604. The number of halogens is 1. The fourth-order valence-corrected chi connectivity index (χ4v) is 3.23. The third-order valence-corrected chi connectivity index (χ3v) is 4.57. The first-order chi connectivity index (χ1) is 12.8. The summed E-state index contributed by atoms with van der Waals surface area (Å²) in [7, 11) is 1.50. The van der Waals surface area contributed by atoms with Gasteiger partial charge in [0.15, 0.2) is 0 Å². The van der Waals surface area contributed by atoms with Crippen LogP contribution in [0.2, 0.25) is 5.02 Å². The van der Waals surface area contributed by atoms with Crippen LogP contribution in [0.15, 0.2) is 39.5 Å². The monoisotopic (exact) mass is 387 g/mol. The number of aromatic hydroxyl groups is 1. The van der Waals surface area contributed by atoms with Gasteiger partial charge in [-0.3, -0.25) is 4.79 Å². The lowest BCUT2D eigenvalue weighted by Crippen LogP contribution is -2.20. The zero-order chi connectivity index (χ0) is 19.7. The summed E-state index contributed by atoms with van der Waals surface area (Å²) in [6.07, 6.45) is -0.193. The van der Waals surface area contributed by atoms with Crippen molar-refractivity contribution < 1.29 is 19.1 Å². The highest BCUT2D eigenvalue weighted by molar-refractivity contribution is 6.32. The number of carbonyl (C=O) groups is 1. The smallest absolute Gasteiger partial charge is 0.340 e. The molecule has 140 valence electrons. The van der Waals surface area contributed by atoms with E-state index in [-0.39, 0.29) is 17.7 Å². The summed E-state index contributed by atoms with van der Waals surface area (Å²) in [5, 5.41) is 13.7. The van der Waals surface area contributed by atoms with Gasteiger partial charge in [0.25, 0.3) is 0 Å². The van der Waals surface area contributed by atoms with E-state index in [2.05, 4.69) is 5.32 Å². The fraction of sp³-hybridized carbons (Fsp3) is 0.200. The number of phenols is 1. The maximum absolute atomic E-state index is 12.4. The van der Waals surface area contributed by atoms with Gasteiger partial charge in [0, 0.05) is 5.69 Å². The van der Waals surface area contributed by atoms with Crippen LogP contribution in [0.1, 0.15) is 16.7 Å². The Kier molecular flexibility index (Phi) is 5.10. The van der Waals surface area contributed by atoms with Gasteiger partial charge in [0.2, 0.25) is 5.91 Å². The Morgan fingerprint density at radius 3 is 2.67 bits per heavy atom. The molecule has 0 aliphatic heterocycles. The number of ether oxygens (including phenoxy) is 1. The van der Waals surface area contributed by atoms with Crippen LogP contribution in [0.25, 0.3) is 11.0 Å². The van der Waals surface area contributed by atoms with Crippen molar-refractivity contribution in [2.24, 2.45) is 0 Å². The van der Waals surface area contributed by atoms with Crippen molar-refractivity contribution >= 4 is 34.2 Å². The van der Waals surface area contributed by atoms with Crippen LogP contribution in [0, 0.1) is 13.8 Å². The Morgan fingerprint density at radius 2 is 2.00 bits per heavy atom. The van der Waals surface area contributed by atoms with Gasteiger partial charge < -0.3 is 19.6 Å². The molecule has 0 aliphatic carbocycles. The Balaban J connectivity index is 1.91. The number of phenolic OH excluding ortho intramolecular Hbond substituents is 1. The van der Waals surface area contributed by atoms with Gasteiger partial charge in [-0.15, -0.1) is 0 Å². The highest BCUT2D eigenvalue weighted by Gasteiger charge is 2.17. The van der Waals surface area contributed by atoms with Crippen LogP contribution in [-0.2, 0) is 11.2 Å². The number of rotatable bonds is 4. The van der Waals surface area contributed by atoms with E-state index in [9.17, 15) is 14.7 Å². The second-order valence-electron chi connectivity index (χ2n) is 6.22. The number of methoxy groups -OCH3 is 1. The van der Waals surface area contributed by atoms with Crippen LogP contribution in [0.3, 0.4) is 0 Å². The summed E-state index contributed by atoms with van der Waals surface area (Å²) in [5.74, 6) is 0.0962. The lowest BCUT2D eigenvalue weighted by atomic mass is 10.0. The van der Waals surface area contributed by atoms with Gasteiger partial charge in [-0.1, -0.05) is 11.6 Å². The summed E-state index contributed by atoms with van der Waals surface area (Å²) in [5.41, 5.74) is 1.64. The standard InChI is InChI=1S/C20H18ClNO5/c1-10-6-15(23)19-11(2)13(20(25)27-17(19)7-10)9-18(24)22-12-4-5-16(26-3)14(21)8-12/h4-8,23H,9H2,1-3H3,(H,22,24). The van der Waals surface area contributed by atoms with Crippen LogP contribution in [0.4, 0.5) is 5.69 Å². The highest BCUT2D eigenvalue weighted by Crippen LogP contribution is 2.30. The maximum atomic E-state index is 12.4. The summed E-state index contributed by atoms with van der Waals surface area (Å²) in [6.45, 7) is 3.47. The molecule has 27 heavy (non-hydrogen) atoms. The Bertz CT molecular complexity index is 1100. The molecule has 1 heterocycles. The van der Waals surface area contributed by atoms with Crippen molar-refractivity contribution in [3.8, 4) is 11.5 Å². The molecule has 0 atom stereocenters. The van der Waals surface area contributed by atoms with Crippen LogP contribution in [0.5, 0.6) is 11.5 Å². The zero-order valence-corrected chi connectivity index (χ0v) is 15.8. The first-order valence-electron chi connectivity index (χ1n) is 8.19. The number of nitrogens with one attached hydrogen (secondary N) is 1. The van der Waals surface area contributed by atoms with Gasteiger partial charge >= 0.3 is 5.63 Å². The molecule has 1 aromatic heterocycles. The molecular weight excluding hydrogens is 370 g/mol. The number of fused-ring (bicyclic) bond motifs is 1. The molecule has 0 bridgehead atoms. The van der Waals surface area contributed by atoms with Gasteiger partial charge in [-0.2, -0.15) is 0 Å². The van der Waals surface area contributed by atoms with Crippen LogP contribution >= 0.6 is 11.6 Å². The Hall–Kier alpha value is -2.99. The van der Waals surface area contributed by atoms with Gasteiger partial charge in [-0.25, -0.2) is 4.79 Å². The van der Waals surface area contributed by atoms with E-state index in [0.29, 0.717) is 33.0 Å². The molecule has 6 nitrogen and oxygen atoms in total. The molecule has 3 aromatic rings. The topological polar surface area (TPSA) is 88.8 Å². The number of benzene rings is 2. The molecule has 1 amide bonds. The normalized spacial score (nSPS) is 10.8. The second kappa shape index (κ2) is 7.32. The zero-order valence-electron chi connectivity index (χ0n) is 15.1. The van der Waals surface area contributed by atoms with Crippen molar-refractivity contribution in [1.29, 1.82) is 0 Å². The molecule has 0 fully saturated rings. The lowest BCUT2D eigenvalue weighted by molar-refractivity contribution is -0.115. The molecule has 0 radical (unpaired) electrons. The van der Waals surface area contributed by atoms with Gasteiger partial charge in [0.1, 0.15) is 17.1 Å². The van der Waals surface area contributed by atoms with Crippen molar-refractivity contribution in [1.82, 2.24) is 0 Å². The summed E-state index contributed by atoms with van der Waals surface area (Å²) in [4.78, 5) is 24.7. The van der Waals surface area contributed by atoms with Crippen molar-refractivity contribution in [3.05, 3.63) is 62.5 Å². The first kappa shape index (κ1) is 18.8. The van der Waals surface area contributed by atoms with E-state index in [4.69, 9.17) is 20.8 Å². The molecule has 7 heteroatoms. The Labute approximate surface area is 160 Å². The van der Waals surface area contributed by atoms with Crippen molar-refractivity contribution in [3.63, 3.8) is 0 Å². The van der Waals surface area contributed by atoms with E-state index in [0.717, 1.165) is 5.56 Å². The van der Waals surface area contributed by atoms with E-state index in [1.54, 1.807) is 44.2 Å². The Morgan fingerprint density at radius 1 is 1.26 bits per heavy atom. The predicted molar refractivity (Wildman–Crippen MR) is 104 cm³/mol. The average Bonchev–Trinajstić information content (AvgIpc) is 2.58. The third kappa shape index (κ3) is 3.75. The van der Waals surface area contributed by atoms with Crippen molar-refractivity contribution in [2.75, 3.05) is 12.4 Å². The maximum Gasteiger partial charge on any atom is 0.340 e. The third-order valence-electron chi connectivity index (χ3n) is 4.28. The number of aryl methyl sites for hydroxylation is 2. The van der Waals surface area contributed by atoms with E-state index < -0.39 is 11.5 Å². The van der Waals surface area contributed by atoms with Gasteiger partial charge in [0.05, 0.1) is 29.5 Å². The molecule has 0 saturated carbocycles. The highest BCUT2D eigenvalue weighted by atomic mass is 35.5. The number of anilines is 1. The molecule has 0 unspecified atom stereocenters. The minimum absolute atomic E-state index is 0.00912. The van der Waals surface area contributed by atoms with Crippen molar-refractivity contribution in [2.45, 2.75) is 20.3 Å². The quantitative estimate of drug-likeness (QED) is 0.661. The van der Waals surface area contributed by atoms with E-state index in [1.807, 2.05) is 0 Å². The molecule has 0 aliphatic rings. The lowest BCUT2D eigenvalue weighted by Gasteiger charge is -2.11. The largest absolute Gasteiger partial charge is 0.507 e. The molecule has 3 rings (SSSR count). The molecule has 0 spiro atoms. The summed E-state index contributed by atoms with van der Waals surface area (Å²) < 4.78 is 10.4. The number of amides is 1. The van der Waals surface area contributed by atoms with Crippen LogP contribution in [-0.4, -0.2) is 18.1 Å². The molecule has 2 aromatic carbocycles. The summed E-state index contributed by atoms with van der Waals surface area (Å²) >= 11 is 6.05.